The lowest BCUT2D eigenvalue weighted by Gasteiger charge is -2.09. The highest BCUT2D eigenvalue weighted by Gasteiger charge is 2.14. The van der Waals surface area contributed by atoms with Gasteiger partial charge in [-0.15, -0.1) is 11.3 Å². The predicted octanol–water partition coefficient (Wildman–Crippen LogP) is 3.28. The highest BCUT2D eigenvalue weighted by Crippen LogP contribution is 2.27. The Hall–Kier alpha value is -3.29. The van der Waals surface area contributed by atoms with Gasteiger partial charge in [-0.1, -0.05) is 42.5 Å². The van der Waals surface area contributed by atoms with Crippen molar-refractivity contribution >= 4 is 17.2 Å². The molecule has 2 aromatic heterocycles. The van der Waals surface area contributed by atoms with Gasteiger partial charge in [0.25, 0.3) is 0 Å². The number of nitrogens with zero attached hydrogens (tertiary/aromatic N) is 3. The smallest absolute Gasteiger partial charge is 0.249 e. The number of hydrogen-bond acceptors (Lipinski definition) is 5. The maximum Gasteiger partial charge on any atom is 0.249 e. The van der Waals surface area contributed by atoms with Crippen molar-refractivity contribution in [3.63, 3.8) is 0 Å². The number of amides is 1. The van der Waals surface area contributed by atoms with Crippen molar-refractivity contribution in [3.8, 4) is 21.8 Å². The van der Waals surface area contributed by atoms with Crippen molar-refractivity contribution in [2.75, 3.05) is 0 Å². The summed E-state index contributed by atoms with van der Waals surface area (Å²) in [6.45, 7) is 1.03. The van der Waals surface area contributed by atoms with E-state index in [2.05, 4.69) is 5.10 Å². The summed E-state index contributed by atoms with van der Waals surface area (Å²) < 4.78 is 1.83. The van der Waals surface area contributed by atoms with Gasteiger partial charge in [-0.2, -0.15) is 5.10 Å². The van der Waals surface area contributed by atoms with Crippen LogP contribution in [0.5, 0.6) is 0 Å². The van der Waals surface area contributed by atoms with Crippen molar-refractivity contribution in [1.29, 1.82) is 0 Å². The summed E-state index contributed by atoms with van der Waals surface area (Å²) >= 11 is 1.59. The van der Waals surface area contributed by atoms with Gasteiger partial charge in [0, 0.05) is 34.8 Å². The standard InChI is InChI=1S/C21H19N5OS/c22-11-14-5-7-15(8-6-14)21-25-16(13-28-21)12-26-19(9-10-24-26)17-3-1-2-4-18(17)20(23)27/h1-10,13H,11-12,22H2,(H2,23,27). The highest BCUT2D eigenvalue weighted by atomic mass is 32.1. The van der Waals surface area contributed by atoms with E-state index < -0.39 is 5.91 Å². The molecule has 0 saturated carbocycles. The van der Waals surface area contributed by atoms with Crippen LogP contribution >= 0.6 is 11.3 Å². The lowest BCUT2D eigenvalue weighted by atomic mass is 10.0. The summed E-state index contributed by atoms with van der Waals surface area (Å²) in [7, 11) is 0. The van der Waals surface area contributed by atoms with E-state index in [9.17, 15) is 4.79 Å². The number of thiazole rings is 1. The van der Waals surface area contributed by atoms with E-state index in [0.29, 0.717) is 18.7 Å². The minimum absolute atomic E-state index is 0.458. The molecule has 0 unspecified atom stereocenters. The summed E-state index contributed by atoms with van der Waals surface area (Å²) in [5, 5.41) is 7.38. The molecule has 0 aliphatic rings. The fourth-order valence-electron chi connectivity index (χ4n) is 3.06. The van der Waals surface area contributed by atoms with Gasteiger partial charge in [0.15, 0.2) is 0 Å². The Morgan fingerprint density at radius 2 is 1.86 bits per heavy atom. The molecule has 0 spiro atoms. The van der Waals surface area contributed by atoms with Gasteiger partial charge in [-0.25, -0.2) is 4.98 Å². The zero-order chi connectivity index (χ0) is 19.5. The van der Waals surface area contributed by atoms with Crippen LogP contribution in [0.25, 0.3) is 21.8 Å². The number of carbonyl (C=O) groups is 1. The molecule has 28 heavy (non-hydrogen) atoms. The number of nitrogens with two attached hydrogens (primary N) is 2. The van der Waals surface area contributed by atoms with Gasteiger partial charge in [0.05, 0.1) is 17.9 Å². The van der Waals surface area contributed by atoms with Crippen molar-refractivity contribution in [3.05, 3.63) is 83.0 Å². The molecule has 0 radical (unpaired) electrons. The van der Waals surface area contributed by atoms with E-state index in [1.54, 1.807) is 29.7 Å². The molecular formula is C21H19N5OS. The van der Waals surface area contributed by atoms with Crippen molar-refractivity contribution < 1.29 is 4.79 Å². The van der Waals surface area contributed by atoms with E-state index >= 15 is 0 Å². The van der Waals surface area contributed by atoms with Crippen molar-refractivity contribution in [2.24, 2.45) is 11.5 Å². The molecule has 0 bridgehead atoms. The molecule has 140 valence electrons. The summed E-state index contributed by atoms with van der Waals surface area (Å²) in [4.78, 5) is 16.5. The maximum atomic E-state index is 11.8. The Morgan fingerprint density at radius 1 is 1.07 bits per heavy atom. The molecule has 0 saturated heterocycles. The number of rotatable bonds is 6. The molecule has 4 N–H and O–H groups in total. The molecule has 2 aromatic carbocycles. The number of carbonyl (C=O) groups excluding carboxylic acids is 1. The first-order valence-electron chi connectivity index (χ1n) is 8.80. The third-order valence-electron chi connectivity index (χ3n) is 4.49. The van der Waals surface area contributed by atoms with Gasteiger partial charge in [-0.05, 0) is 17.7 Å². The van der Waals surface area contributed by atoms with Crippen LogP contribution < -0.4 is 11.5 Å². The molecule has 0 fully saturated rings. The third-order valence-corrected chi connectivity index (χ3v) is 5.43. The number of hydrogen-bond donors (Lipinski definition) is 2. The quantitative estimate of drug-likeness (QED) is 0.528. The molecule has 1 amide bonds. The average molecular weight is 389 g/mol. The molecular weight excluding hydrogens is 370 g/mol. The second kappa shape index (κ2) is 7.75. The SMILES string of the molecule is NCc1ccc(-c2nc(Cn3nccc3-c3ccccc3C(N)=O)cs2)cc1. The second-order valence-corrected chi connectivity index (χ2v) is 7.19. The van der Waals surface area contributed by atoms with Crippen LogP contribution in [0, 0.1) is 0 Å². The maximum absolute atomic E-state index is 11.8. The summed E-state index contributed by atoms with van der Waals surface area (Å²) in [6.07, 6.45) is 1.71. The van der Waals surface area contributed by atoms with Crippen molar-refractivity contribution in [2.45, 2.75) is 13.1 Å². The zero-order valence-corrected chi connectivity index (χ0v) is 15.9. The lowest BCUT2D eigenvalue weighted by molar-refractivity contribution is 0.100. The molecule has 4 rings (SSSR count). The molecule has 0 aliphatic heterocycles. The van der Waals surface area contributed by atoms with Crippen LogP contribution in [0.15, 0.2) is 66.2 Å². The normalized spacial score (nSPS) is 10.9. The molecule has 2 heterocycles. The summed E-state index contributed by atoms with van der Waals surface area (Å²) in [6, 6.07) is 17.3. The Morgan fingerprint density at radius 3 is 2.61 bits per heavy atom. The van der Waals surface area contributed by atoms with Crippen LogP contribution in [0.3, 0.4) is 0 Å². The van der Waals surface area contributed by atoms with Gasteiger partial charge in [-0.3, -0.25) is 9.48 Å². The van der Waals surface area contributed by atoms with Crippen LogP contribution in [0.1, 0.15) is 21.6 Å². The minimum Gasteiger partial charge on any atom is -0.366 e. The predicted molar refractivity (Wildman–Crippen MR) is 111 cm³/mol. The first kappa shape index (κ1) is 18.1. The Bertz CT molecular complexity index is 1110. The minimum atomic E-state index is -0.458. The third kappa shape index (κ3) is 3.58. The lowest BCUT2D eigenvalue weighted by Crippen LogP contribution is -2.13. The van der Waals surface area contributed by atoms with Crippen LogP contribution in [-0.4, -0.2) is 20.7 Å². The number of benzene rings is 2. The molecule has 0 atom stereocenters. The molecule has 7 heteroatoms. The second-order valence-electron chi connectivity index (χ2n) is 6.33. The average Bonchev–Trinajstić information content (AvgIpc) is 3.38. The van der Waals surface area contributed by atoms with Crippen LogP contribution in [-0.2, 0) is 13.1 Å². The van der Waals surface area contributed by atoms with Crippen molar-refractivity contribution in [1.82, 2.24) is 14.8 Å². The highest BCUT2D eigenvalue weighted by molar-refractivity contribution is 7.13. The first-order valence-corrected chi connectivity index (χ1v) is 9.68. The Kier molecular flexibility index (Phi) is 5.01. The van der Waals surface area contributed by atoms with Gasteiger partial charge < -0.3 is 11.5 Å². The molecule has 0 aliphatic carbocycles. The number of primary amides is 1. The van der Waals surface area contributed by atoms with E-state index in [0.717, 1.165) is 33.1 Å². The fourth-order valence-corrected chi connectivity index (χ4v) is 3.87. The monoisotopic (exact) mass is 389 g/mol. The fraction of sp³-hybridized carbons (Fsp3) is 0.0952. The largest absolute Gasteiger partial charge is 0.366 e. The zero-order valence-electron chi connectivity index (χ0n) is 15.1. The van der Waals surface area contributed by atoms with E-state index in [4.69, 9.17) is 16.5 Å². The number of aromatic nitrogens is 3. The van der Waals surface area contributed by atoms with E-state index in [1.807, 2.05) is 52.5 Å². The first-order chi connectivity index (χ1) is 13.7. The topological polar surface area (TPSA) is 99.8 Å². The molecule has 4 aromatic rings. The Labute approximate surface area is 166 Å². The summed E-state index contributed by atoms with van der Waals surface area (Å²) in [5.41, 5.74) is 16.3. The summed E-state index contributed by atoms with van der Waals surface area (Å²) in [5.74, 6) is -0.458. The van der Waals surface area contributed by atoms with Gasteiger partial charge in [0.2, 0.25) is 5.91 Å². The Balaban J connectivity index is 1.61. The molecule has 6 nitrogen and oxygen atoms in total. The van der Waals surface area contributed by atoms with Crippen LogP contribution in [0.2, 0.25) is 0 Å². The van der Waals surface area contributed by atoms with Gasteiger partial charge >= 0.3 is 0 Å². The van der Waals surface area contributed by atoms with E-state index in [-0.39, 0.29) is 0 Å². The van der Waals surface area contributed by atoms with E-state index in [1.165, 1.54) is 0 Å². The van der Waals surface area contributed by atoms with Gasteiger partial charge in [0.1, 0.15) is 5.01 Å². The van der Waals surface area contributed by atoms with Crippen LogP contribution in [0.4, 0.5) is 0 Å².